The van der Waals surface area contributed by atoms with Crippen LogP contribution in [0, 0.1) is 19.9 Å². The van der Waals surface area contributed by atoms with Crippen molar-refractivity contribution in [2.45, 2.75) is 20.4 Å². The maximum Gasteiger partial charge on any atom is 0.0931 e. The van der Waals surface area contributed by atoms with E-state index in [4.69, 9.17) is 0 Å². The van der Waals surface area contributed by atoms with Crippen molar-refractivity contribution < 1.29 is 0 Å². The molecule has 0 atom stereocenters. The summed E-state index contributed by atoms with van der Waals surface area (Å²) in [5.41, 5.74) is 5.78. The first-order valence-corrected chi connectivity index (χ1v) is 5.70. The number of benzene rings is 1. The van der Waals surface area contributed by atoms with Crippen molar-refractivity contribution in [3.8, 4) is 0 Å². The van der Waals surface area contributed by atoms with Gasteiger partial charge in [-0.3, -0.25) is 0 Å². The minimum Gasteiger partial charge on any atom is -0.345 e. The summed E-state index contributed by atoms with van der Waals surface area (Å²) in [5, 5.41) is 0. The average Bonchev–Trinajstić information content (AvgIpc) is 2.90. The Hall–Kier alpha value is -2.03. The van der Waals surface area contributed by atoms with Crippen LogP contribution >= 0.6 is 0 Å². The number of hydrogen-bond acceptors (Lipinski definition) is 1. The second-order valence-corrected chi connectivity index (χ2v) is 4.36. The number of rotatable bonds is 2. The van der Waals surface area contributed by atoms with Gasteiger partial charge in [-0.1, -0.05) is 6.07 Å². The van der Waals surface area contributed by atoms with Crippen LogP contribution in [0.2, 0.25) is 0 Å². The van der Waals surface area contributed by atoms with Crippen LogP contribution in [0.15, 0.2) is 30.6 Å². The smallest absolute Gasteiger partial charge is 0.0931 e. The topological polar surface area (TPSA) is 33.6 Å². The lowest BCUT2D eigenvalue weighted by Crippen LogP contribution is -2.03. The van der Waals surface area contributed by atoms with Crippen molar-refractivity contribution in [3.63, 3.8) is 0 Å². The molecule has 3 rings (SSSR count). The van der Waals surface area contributed by atoms with Gasteiger partial charge in [-0.05, 0) is 37.6 Å². The van der Waals surface area contributed by atoms with Crippen molar-refractivity contribution in [1.29, 1.82) is 0 Å². The van der Waals surface area contributed by atoms with E-state index >= 15 is 0 Å². The van der Waals surface area contributed by atoms with Gasteiger partial charge in [-0.15, -0.1) is 0 Å². The Balaban J connectivity index is 1.99. The number of nitrogens with one attached hydrogen (secondary N) is 1. The standard InChI is InChI=1S/C14H14N3/c1-10-3-4-11(2)17(10)8-12-5-6-13-14(7-12)16-9-15-13/h3,5-7,9H,8H2,1-2H3,(H,15,16). The molecule has 0 spiro atoms. The van der Waals surface area contributed by atoms with E-state index in [1.807, 2.05) is 6.07 Å². The molecule has 0 unspecified atom stereocenters. The predicted molar refractivity (Wildman–Crippen MR) is 67.9 cm³/mol. The fourth-order valence-electron chi connectivity index (χ4n) is 2.13. The van der Waals surface area contributed by atoms with E-state index in [0.717, 1.165) is 17.6 Å². The Morgan fingerprint density at radius 2 is 2.24 bits per heavy atom. The molecule has 0 amide bonds. The second kappa shape index (κ2) is 3.77. The van der Waals surface area contributed by atoms with Gasteiger partial charge in [-0.25, -0.2) is 4.98 Å². The van der Waals surface area contributed by atoms with Gasteiger partial charge in [0.25, 0.3) is 0 Å². The number of aromatic nitrogens is 3. The summed E-state index contributed by atoms with van der Waals surface area (Å²) in [6.45, 7) is 5.07. The van der Waals surface area contributed by atoms with E-state index in [2.05, 4.69) is 52.6 Å². The normalized spacial score (nSPS) is 11.2. The van der Waals surface area contributed by atoms with Gasteiger partial charge in [0.2, 0.25) is 0 Å². The van der Waals surface area contributed by atoms with Crippen molar-refractivity contribution in [2.24, 2.45) is 0 Å². The molecule has 1 aromatic carbocycles. The Morgan fingerprint density at radius 1 is 1.35 bits per heavy atom. The molecular formula is C14H14N3. The fraction of sp³-hybridized carbons (Fsp3) is 0.214. The first kappa shape index (κ1) is 10.1. The third-order valence-electron chi connectivity index (χ3n) is 3.15. The lowest BCUT2D eigenvalue weighted by Gasteiger charge is -2.09. The van der Waals surface area contributed by atoms with Crippen molar-refractivity contribution >= 4 is 11.0 Å². The number of imidazole rings is 1. The molecule has 17 heavy (non-hydrogen) atoms. The molecule has 0 aliphatic carbocycles. The van der Waals surface area contributed by atoms with Gasteiger partial charge < -0.3 is 9.55 Å². The van der Waals surface area contributed by atoms with E-state index in [9.17, 15) is 0 Å². The van der Waals surface area contributed by atoms with E-state index < -0.39 is 0 Å². The second-order valence-electron chi connectivity index (χ2n) is 4.36. The number of nitrogens with zero attached hydrogens (tertiary/aromatic N) is 2. The largest absolute Gasteiger partial charge is 0.345 e. The van der Waals surface area contributed by atoms with E-state index in [1.54, 1.807) is 6.33 Å². The number of fused-ring (bicyclic) bond motifs is 1. The van der Waals surface area contributed by atoms with Gasteiger partial charge in [0, 0.05) is 24.0 Å². The zero-order valence-electron chi connectivity index (χ0n) is 9.99. The van der Waals surface area contributed by atoms with Gasteiger partial charge in [0.1, 0.15) is 0 Å². The number of H-pyrrole nitrogens is 1. The first-order valence-electron chi connectivity index (χ1n) is 5.70. The molecule has 2 heterocycles. The molecule has 3 heteroatoms. The average molecular weight is 224 g/mol. The zero-order chi connectivity index (χ0) is 11.8. The Kier molecular flexibility index (Phi) is 2.25. The Bertz CT molecular complexity index is 641. The van der Waals surface area contributed by atoms with Gasteiger partial charge in [0.05, 0.1) is 17.4 Å². The monoisotopic (exact) mass is 224 g/mol. The summed E-state index contributed by atoms with van der Waals surface area (Å²) in [6, 6.07) is 11.6. The number of aromatic amines is 1. The highest BCUT2D eigenvalue weighted by Gasteiger charge is 2.04. The molecule has 3 aromatic rings. The predicted octanol–water partition coefficient (Wildman–Crippen LogP) is 2.83. The highest BCUT2D eigenvalue weighted by molar-refractivity contribution is 5.75. The number of hydrogen-bond donors (Lipinski definition) is 1. The van der Waals surface area contributed by atoms with Crippen molar-refractivity contribution in [2.75, 3.05) is 0 Å². The summed E-state index contributed by atoms with van der Waals surface area (Å²) in [4.78, 5) is 7.39. The van der Waals surface area contributed by atoms with Crippen molar-refractivity contribution in [1.82, 2.24) is 14.5 Å². The molecule has 0 saturated carbocycles. The summed E-state index contributed by atoms with van der Waals surface area (Å²) >= 11 is 0. The molecular weight excluding hydrogens is 210 g/mol. The van der Waals surface area contributed by atoms with Gasteiger partial charge in [0.15, 0.2) is 0 Å². The van der Waals surface area contributed by atoms with Crippen LogP contribution in [-0.2, 0) is 6.54 Å². The molecule has 1 radical (unpaired) electrons. The molecule has 2 aromatic heterocycles. The van der Waals surface area contributed by atoms with Crippen LogP contribution in [0.5, 0.6) is 0 Å². The SMILES string of the molecule is Cc1[c]cc(C)n1Cc1ccc2[nH]cnc2c1. The highest BCUT2D eigenvalue weighted by atomic mass is 15.0. The molecule has 85 valence electrons. The third-order valence-corrected chi connectivity index (χ3v) is 3.15. The molecule has 0 aliphatic rings. The molecule has 0 saturated heterocycles. The third kappa shape index (κ3) is 1.73. The fourth-order valence-corrected chi connectivity index (χ4v) is 2.13. The van der Waals surface area contributed by atoms with Crippen LogP contribution in [0.4, 0.5) is 0 Å². The first-order chi connectivity index (χ1) is 8.24. The van der Waals surface area contributed by atoms with Gasteiger partial charge >= 0.3 is 0 Å². The summed E-state index contributed by atoms with van der Waals surface area (Å²) < 4.78 is 2.26. The Labute approximate surface area is 100 Å². The summed E-state index contributed by atoms with van der Waals surface area (Å²) in [7, 11) is 0. The molecule has 0 fully saturated rings. The molecule has 1 N–H and O–H groups in total. The lowest BCUT2D eigenvalue weighted by molar-refractivity contribution is 0.750. The summed E-state index contributed by atoms with van der Waals surface area (Å²) in [5.74, 6) is 0. The van der Waals surface area contributed by atoms with Crippen LogP contribution in [0.3, 0.4) is 0 Å². The van der Waals surface area contributed by atoms with Gasteiger partial charge in [-0.2, -0.15) is 0 Å². The van der Waals surface area contributed by atoms with Crippen LogP contribution < -0.4 is 0 Å². The molecule has 3 nitrogen and oxygen atoms in total. The maximum atomic E-state index is 4.28. The summed E-state index contributed by atoms with van der Waals surface area (Å²) in [6.07, 6.45) is 1.73. The minimum atomic E-state index is 0.879. The minimum absolute atomic E-state index is 0.879. The highest BCUT2D eigenvalue weighted by Crippen LogP contribution is 2.15. The zero-order valence-corrected chi connectivity index (χ0v) is 9.99. The van der Waals surface area contributed by atoms with E-state index in [1.165, 1.54) is 17.0 Å². The van der Waals surface area contributed by atoms with Crippen molar-refractivity contribution in [3.05, 3.63) is 53.6 Å². The molecule has 0 bridgehead atoms. The van der Waals surface area contributed by atoms with E-state index in [-0.39, 0.29) is 0 Å². The molecule has 0 aliphatic heterocycles. The Morgan fingerprint density at radius 3 is 3.00 bits per heavy atom. The maximum absolute atomic E-state index is 4.28. The quantitative estimate of drug-likeness (QED) is 0.713. The van der Waals surface area contributed by atoms with Crippen LogP contribution in [-0.4, -0.2) is 14.5 Å². The lowest BCUT2D eigenvalue weighted by atomic mass is 10.2. The van der Waals surface area contributed by atoms with E-state index in [0.29, 0.717) is 0 Å². The van der Waals surface area contributed by atoms with Crippen LogP contribution in [0.25, 0.3) is 11.0 Å². The van der Waals surface area contributed by atoms with Crippen LogP contribution in [0.1, 0.15) is 17.0 Å². The number of aryl methyl sites for hydroxylation is 2.